The quantitative estimate of drug-likeness (QED) is 0.863. The van der Waals surface area contributed by atoms with E-state index in [0.717, 1.165) is 17.6 Å². The third kappa shape index (κ3) is 3.52. The first kappa shape index (κ1) is 16.2. The van der Waals surface area contributed by atoms with Crippen LogP contribution in [-0.2, 0) is 14.6 Å². The van der Waals surface area contributed by atoms with E-state index in [-0.39, 0.29) is 10.5 Å². The maximum Gasteiger partial charge on any atom is 0.350 e. The number of hydrogen-bond acceptors (Lipinski definition) is 6. The van der Waals surface area contributed by atoms with Gasteiger partial charge in [0.25, 0.3) is 5.91 Å². The summed E-state index contributed by atoms with van der Waals surface area (Å²) < 4.78 is 27.4. The summed E-state index contributed by atoms with van der Waals surface area (Å²) in [5.74, 6) is -0.971. The summed E-state index contributed by atoms with van der Waals surface area (Å²) in [5, 5.41) is 4.26. The molecule has 0 spiro atoms. The van der Waals surface area contributed by atoms with Crippen LogP contribution in [0.1, 0.15) is 20.0 Å². The van der Waals surface area contributed by atoms with E-state index in [1.165, 1.54) is 31.4 Å². The van der Waals surface area contributed by atoms with E-state index in [4.69, 9.17) is 0 Å². The lowest BCUT2D eigenvalue weighted by Crippen LogP contribution is -2.14. The Hall–Kier alpha value is -2.19. The number of sulfone groups is 1. The van der Waals surface area contributed by atoms with E-state index >= 15 is 0 Å². The monoisotopic (exact) mass is 339 g/mol. The van der Waals surface area contributed by atoms with Gasteiger partial charge in [-0.25, -0.2) is 13.2 Å². The van der Waals surface area contributed by atoms with Gasteiger partial charge < -0.3 is 10.1 Å². The number of carbonyl (C=O) groups excluding carboxylic acids is 2. The van der Waals surface area contributed by atoms with Crippen LogP contribution >= 0.6 is 11.3 Å². The van der Waals surface area contributed by atoms with Gasteiger partial charge in [-0.15, -0.1) is 11.3 Å². The molecule has 0 bridgehead atoms. The molecule has 1 aromatic heterocycles. The maximum absolute atomic E-state index is 12.1. The number of amides is 1. The highest BCUT2D eigenvalue weighted by atomic mass is 32.2. The first-order valence-electron chi connectivity index (χ1n) is 6.10. The van der Waals surface area contributed by atoms with Crippen LogP contribution in [0.3, 0.4) is 0 Å². The van der Waals surface area contributed by atoms with E-state index in [1.54, 1.807) is 11.4 Å². The summed E-state index contributed by atoms with van der Waals surface area (Å²) in [5.41, 5.74) is 0.642. The van der Waals surface area contributed by atoms with Crippen LogP contribution in [0.5, 0.6) is 0 Å². The van der Waals surface area contributed by atoms with Crippen molar-refractivity contribution in [2.75, 3.05) is 18.7 Å². The van der Waals surface area contributed by atoms with Crippen molar-refractivity contribution in [3.8, 4) is 0 Å². The van der Waals surface area contributed by atoms with Gasteiger partial charge in [0.2, 0.25) is 0 Å². The molecular weight excluding hydrogens is 326 g/mol. The number of esters is 1. The number of carbonyl (C=O) groups is 2. The Balaban J connectivity index is 2.20. The van der Waals surface area contributed by atoms with Crippen LogP contribution in [0.25, 0.3) is 0 Å². The SMILES string of the molecule is COC(=O)c1sccc1NC(=O)c1ccc(S(C)(=O)=O)cc1. The topological polar surface area (TPSA) is 89.5 Å². The summed E-state index contributed by atoms with van der Waals surface area (Å²) in [4.78, 5) is 24.1. The standard InChI is InChI=1S/C14H13NO5S2/c1-20-14(17)12-11(7-8-21-12)15-13(16)9-3-5-10(6-4-9)22(2,18)19/h3-8H,1-2H3,(H,15,16). The maximum atomic E-state index is 12.1. The largest absolute Gasteiger partial charge is 0.465 e. The number of nitrogens with one attached hydrogen (secondary N) is 1. The molecule has 0 fully saturated rings. The van der Waals surface area contributed by atoms with Crippen molar-refractivity contribution in [3.05, 3.63) is 46.2 Å². The number of methoxy groups -OCH3 is 1. The number of benzene rings is 1. The Bertz CT molecular complexity index is 806. The van der Waals surface area contributed by atoms with Crippen LogP contribution in [0.2, 0.25) is 0 Å². The minimum atomic E-state index is -3.31. The zero-order valence-electron chi connectivity index (χ0n) is 11.8. The normalized spacial score (nSPS) is 11.0. The highest BCUT2D eigenvalue weighted by Crippen LogP contribution is 2.23. The Morgan fingerprint density at radius 2 is 1.77 bits per heavy atom. The molecule has 0 saturated carbocycles. The number of ether oxygens (including phenoxy) is 1. The average molecular weight is 339 g/mol. The van der Waals surface area contributed by atoms with Gasteiger partial charge in [-0.3, -0.25) is 4.79 Å². The lowest BCUT2D eigenvalue weighted by Gasteiger charge is -2.06. The highest BCUT2D eigenvalue weighted by Gasteiger charge is 2.16. The van der Waals surface area contributed by atoms with Crippen LogP contribution < -0.4 is 5.32 Å². The fourth-order valence-corrected chi connectivity index (χ4v) is 3.10. The Labute approximate surface area is 131 Å². The lowest BCUT2D eigenvalue weighted by atomic mass is 10.2. The molecule has 22 heavy (non-hydrogen) atoms. The molecule has 2 rings (SSSR count). The molecule has 0 atom stereocenters. The van der Waals surface area contributed by atoms with E-state index in [0.29, 0.717) is 10.6 Å². The number of rotatable bonds is 4. The second kappa shape index (κ2) is 6.29. The van der Waals surface area contributed by atoms with Gasteiger partial charge in [0.15, 0.2) is 9.84 Å². The Morgan fingerprint density at radius 3 is 2.32 bits per heavy atom. The molecule has 0 unspecified atom stereocenters. The molecule has 1 N–H and O–H groups in total. The van der Waals surface area contributed by atoms with Crippen molar-refractivity contribution in [2.45, 2.75) is 4.90 Å². The lowest BCUT2D eigenvalue weighted by molar-refractivity contribution is 0.0607. The molecule has 116 valence electrons. The summed E-state index contributed by atoms with van der Waals surface area (Å²) in [6.07, 6.45) is 1.09. The molecule has 0 saturated heterocycles. The second-order valence-corrected chi connectivity index (χ2v) is 7.34. The number of hydrogen-bond donors (Lipinski definition) is 1. The summed E-state index contributed by atoms with van der Waals surface area (Å²) >= 11 is 1.16. The van der Waals surface area contributed by atoms with Gasteiger partial charge in [0, 0.05) is 11.8 Å². The molecule has 0 aliphatic heterocycles. The highest BCUT2D eigenvalue weighted by molar-refractivity contribution is 7.90. The fourth-order valence-electron chi connectivity index (χ4n) is 1.71. The van der Waals surface area contributed by atoms with E-state index in [1.807, 2.05) is 0 Å². The number of thiophene rings is 1. The van der Waals surface area contributed by atoms with Crippen LogP contribution in [0, 0.1) is 0 Å². The van der Waals surface area contributed by atoms with E-state index < -0.39 is 21.7 Å². The molecule has 1 aromatic carbocycles. The second-order valence-electron chi connectivity index (χ2n) is 4.41. The molecule has 0 aliphatic rings. The molecule has 1 amide bonds. The van der Waals surface area contributed by atoms with Gasteiger partial charge in [-0.1, -0.05) is 0 Å². The molecule has 2 aromatic rings. The van der Waals surface area contributed by atoms with Crippen molar-refractivity contribution >= 4 is 38.7 Å². The van der Waals surface area contributed by atoms with Gasteiger partial charge in [0.1, 0.15) is 4.88 Å². The van der Waals surface area contributed by atoms with Gasteiger partial charge in [-0.2, -0.15) is 0 Å². The van der Waals surface area contributed by atoms with Gasteiger partial charge in [0.05, 0.1) is 17.7 Å². The third-order valence-corrected chi connectivity index (χ3v) is 4.85. The van der Waals surface area contributed by atoms with Crippen molar-refractivity contribution in [3.63, 3.8) is 0 Å². The minimum absolute atomic E-state index is 0.134. The molecule has 1 heterocycles. The molecule has 0 radical (unpaired) electrons. The zero-order valence-corrected chi connectivity index (χ0v) is 13.5. The minimum Gasteiger partial charge on any atom is -0.465 e. The Morgan fingerprint density at radius 1 is 1.14 bits per heavy atom. The van der Waals surface area contributed by atoms with Crippen molar-refractivity contribution < 1.29 is 22.7 Å². The van der Waals surface area contributed by atoms with Crippen LogP contribution in [0.4, 0.5) is 5.69 Å². The Kier molecular flexibility index (Phi) is 4.62. The first-order chi connectivity index (χ1) is 10.3. The van der Waals surface area contributed by atoms with Gasteiger partial charge in [-0.05, 0) is 35.7 Å². The average Bonchev–Trinajstić information content (AvgIpc) is 2.93. The summed E-state index contributed by atoms with van der Waals surface area (Å²) in [6.45, 7) is 0. The molecule has 8 heteroatoms. The predicted molar refractivity (Wildman–Crippen MR) is 83.2 cm³/mol. The van der Waals surface area contributed by atoms with Crippen LogP contribution in [0.15, 0.2) is 40.6 Å². The first-order valence-corrected chi connectivity index (χ1v) is 8.87. The summed E-state index contributed by atoms with van der Waals surface area (Å²) in [7, 11) is -2.05. The third-order valence-electron chi connectivity index (χ3n) is 2.83. The van der Waals surface area contributed by atoms with Crippen molar-refractivity contribution in [1.82, 2.24) is 0 Å². The predicted octanol–water partition coefficient (Wildman–Crippen LogP) is 2.19. The van der Waals surface area contributed by atoms with E-state index in [9.17, 15) is 18.0 Å². The smallest absolute Gasteiger partial charge is 0.350 e. The van der Waals surface area contributed by atoms with Gasteiger partial charge >= 0.3 is 5.97 Å². The van der Waals surface area contributed by atoms with E-state index in [2.05, 4.69) is 10.1 Å². The zero-order chi connectivity index (χ0) is 16.3. The van der Waals surface area contributed by atoms with Crippen molar-refractivity contribution in [1.29, 1.82) is 0 Å². The molecule has 0 aliphatic carbocycles. The molecular formula is C14H13NO5S2. The van der Waals surface area contributed by atoms with Crippen molar-refractivity contribution in [2.24, 2.45) is 0 Å². The fraction of sp³-hybridized carbons (Fsp3) is 0.143. The van der Waals surface area contributed by atoms with Crippen LogP contribution in [-0.4, -0.2) is 33.7 Å². The molecule has 6 nitrogen and oxygen atoms in total. The summed E-state index contributed by atoms with van der Waals surface area (Å²) in [6, 6.07) is 7.14. The number of anilines is 1.